The van der Waals surface area contributed by atoms with Gasteiger partial charge in [-0.1, -0.05) is 53.7 Å². The number of nitrogens with zero attached hydrogens (tertiary/aromatic N) is 3. The molecule has 0 spiro atoms. The number of imidazole rings is 1. The summed E-state index contributed by atoms with van der Waals surface area (Å²) in [5.41, 5.74) is 4.56. The highest BCUT2D eigenvalue weighted by Gasteiger charge is 2.26. The molecule has 4 heteroatoms. The molecular formula is C24H31N3O. The van der Waals surface area contributed by atoms with E-state index in [1.54, 1.807) is 0 Å². The topological polar surface area (TPSA) is 50.4 Å². The molecule has 4 nitrogen and oxygen atoms in total. The number of aliphatic imine (C=N–C) groups is 1. The predicted molar refractivity (Wildman–Crippen MR) is 118 cm³/mol. The number of aryl methyl sites for hydroxylation is 1. The van der Waals surface area contributed by atoms with Gasteiger partial charge in [-0.2, -0.15) is 0 Å². The lowest BCUT2D eigenvalue weighted by Gasteiger charge is -2.27. The molecule has 0 fully saturated rings. The summed E-state index contributed by atoms with van der Waals surface area (Å²) in [5, 5.41) is 10.9. The van der Waals surface area contributed by atoms with E-state index < -0.39 is 0 Å². The fraction of sp³-hybridized carbons (Fsp3) is 0.417. The Kier molecular flexibility index (Phi) is 5.09. The Labute approximate surface area is 168 Å². The van der Waals surface area contributed by atoms with Gasteiger partial charge < -0.3 is 9.67 Å². The summed E-state index contributed by atoms with van der Waals surface area (Å²) < 4.78 is 2.11. The van der Waals surface area contributed by atoms with Crippen LogP contribution in [0, 0.1) is 0 Å². The molecule has 0 aliphatic rings. The number of para-hydroxylation sites is 2. The summed E-state index contributed by atoms with van der Waals surface area (Å²) in [6, 6.07) is 12.2. The molecule has 0 saturated carbocycles. The van der Waals surface area contributed by atoms with Crippen LogP contribution in [0.2, 0.25) is 0 Å². The van der Waals surface area contributed by atoms with Crippen LogP contribution in [0.3, 0.4) is 0 Å². The minimum absolute atomic E-state index is 0.162. The van der Waals surface area contributed by atoms with Crippen molar-refractivity contribution in [1.82, 2.24) is 9.55 Å². The van der Waals surface area contributed by atoms with Crippen LogP contribution < -0.4 is 0 Å². The molecule has 1 aromatic heterocycles. The van der Waals surface area contributed by atoms with E-state index in [-0.39, 0.29) is 10.8 Å². The Morgan fingerprint density at radius 1 is 1.00 bits per heavy atom. The molecule has 148 valence electrons. The van der Waals surface area contributed by atoms with E-state index in [0.717, 1.165) is 34.3 Å². The third-order valence-corrected chi connectivity index (χ3v) is 5.03. The maximum absolute atomic E-state index is 10.9. The number of aromatic hydroxyl groups is 1. The SMILES string of the molecule is CCn1c(/N=C/c2cc(C(C)(C)C)c(O)c(C(C)(C)C)c2)nc2ccccc21. The van der Waals surface area contributed by atoms with E-state index in [4.69, 9.17) is 4.99 Å². The van der Waals surface area contributed by atoms with E-state index in [0.29, 0.717) is 11.7 Å². The summed E-state index contributed by atoms with van der Waals surface area (Å²) in [6.45, 7) is 15.6. The summed E-state index contributed by atoms with van der Waals surface area (Å²) in [6.07, 6.45) is 1.86. The smallest absolute Gasteiger partial charge is 0.230 e. The van der Waals surface area contributed by atoms with Gasteiger partial charge in [0.25, 0.3) is 0 Å². The van der Waals surface area contributed by atoms with Crippen molar-refractivity contribution in [3.8, 4) is 5.75 Å². The van der Waals surface area contributed by atoms with Crippen molar-refractivity contribution in [2.75, 3.05) is 0 Å². The second-order valence-electron chi connectivity index (χ2n) is 9.37. The number of fused-ring (bicyclic) bond motifs is 1. The zero-order chi connectivity index (χ0) is 20.7. The van der Waals surface area contributed by atoms with Gasteiger partial charge >= 0.3 is 0 Å². The molecule has 1 N–H and O–H groups in total. The number of phenols is 1. The van der Waals surface area contributed by atoms with Crippen molar-refractivity contribution in [3.05, 3.63) is 53.1 Å². The number of phenolic OH excluding ortho intramolecular Hbond substituents is 1. The molecule has 0 saturated heterocycles. The summed E-state index contributed by atoms with van der Waals surface area (Å²) >= 11 is 0. The van der Waals surface area contributed by atoms with E-state index in [1.807, 2.05) is 36.5 Å². The molecule has 0 amide bonds. The fourth-order valence-electron chi connectivity index (χ4n) is 3.48. The number of hydrogen-bond donors (Lipinski definition) is 1. The third-order valence-electron chi connectivity index (χ3n) is 5.03. The number of aromatic nitrogens is 2. The van der Waals surface area contributed by atoms with Crippen molar-refractivity contribution < 1.29 is 5.11 Å². The number of hydrogen-bond acceptors (Lipinski definition) is 3. The molecular weight excluding hydrogens is 346 g/mol. The second-order valence-corrected chi connectivity index (χ2v) is 9.37. The maximum Gasteiger partial charge on any atom is 0.230 e. The molecule has 1 heterocycles. The molecule has 0 unspecified atom stereocenters. The van der Waals surface area contributed by atoms with Gasteiger partial charge in [0.1, 0.15) is 5.75 Å². The largest absolute Gasteiger partial charge is 0.507 e. The van der Waals surface area contributed by atoms with E-state index in [9.17, 15) is 5.11 Å². The van der Waals surface area contributed by atoms with Crippen LogP contribution in [0.1, 0.15) is 65.2 Å². The van der Waals surface area contributed by atoms with Crippen molar-refractivity contribution in [3.63, 3.8) is 0 Å². The summed E-state index contributed by atoms with van der Waals surface area (Å²) in [4.78, 5) is 9.38. The molecule has 0 radical (unpaired) electrons. The minimum atomic E-state index is -0.162. The monoisotopic (exact) mass is 377 g/mol. The Morgan fingerprint density at radius 3 is 2.11 bits per heavy atom. The molecule has 3 rings (SSSR count). The Bertz CT molecular complexity index is 995. The number of benzene rings is 2. The van der Waals surface area contributed by atoms with Crippen molar-refractivity contribution in [2.45, 2.75) is 65.8 Å². The van der Waals surface area contributed by atoms with Crippen LogP contribution >= 0.6 is 0 Å². The van der Waals surface area contributed by atoms with Crippen LogP contribution in [0.25, 0.3) is 11.0 Å². The molecule has 0 aliphatic heterocycles. The van der Waals surface area contributed by atoms with Crippen LogP contribution in [0.5, 0.6) is 5.75 Å². The highest BCUT2D eigenvalue weighted by Crippen LogP contribution is 2.39. The quantitative estimate of drug-likeness (QED) is 0.560. The average molecular weight is 378 g/mol. The molecule has 2 aromatic carbocycles. The standard InChI is InChI=1S/C24H31N3O/c1-8-27-20-12-10-9-11-19(20)26-22(27)25-15-16-13-17(23(2,3)4)21(28)18(14-16)24(5,6)7/h9-15,28H,8H2,1-7H3/b25-15+. The van der Waals surface area contributed by atoms with Gasteiger partial charge in [0.15, 0.2) is 0 Å². The lowest BCUT2D eigenvalue weighted by Crippen LogP contribution is -2.17. The maximum atomic E-state index is 10.9. The number of rotatable bonds is 3. The lowest BCUT2D eigenvalue weighted by molar-refractivity contribution is 0.423. The lowest BCUT2D eigenvalue weighted by atomic mass is 9.78. The van der Waals surface area contributed by atoms with Crippen molar-refractivity contribution in [2.24, 2.45) is 4.99 Å². The molecule has 3 aromatic rings. The van der Waals surface area contributed by atoms with Crippen molar-refractivity contribution >= 4 is 23.2 Å². The van der Waals surface area contributed by atoms with Gasteiger partial charge in [0.2, 0.25) is 5.95 Å². The van der Waals surface area contributed by atoms with Crippen LogP contribution in [-0.2, 0) is 17.4 Å². The van der Waals surface area contributed by atoms with Crippen LogP contribution in [0.15, 0.2) is 41.4 Å². The highest BCUT2D eigenvalue weighted by molar-refractivity contribution is 5.85. The minimum Gasteiger partial charge on any atom is -0.507 e. The first kappa shape index (κ1) is 20.1. The van der Waals surface area contributed by atoms with E-state index >= 15 is 0 Å². The first-order valence-electron chi connectivity index (χ1n) is 9.89. The predicted octanol–water partition coefficient (Wildman–Crippen LogP) is 6.11. The Balaban J connectivity index is 2.12. The van der Waals surface area contributed by atoms with Gasteiger partial charge in [-0.15, -0.1) is 0 Å². The van der Waals surface area contributed by atoms with Gasteiger partial charge in [0, 0.05) is 23.9 Å². The first-order valence-corrected chi connectivity index (χ1v) is 9.89. The summed E-state index contributed by atoms with van der Waals surface area (Å²) in [7, 11) is 0. The molecule has 0 atom stereocenters. The molecule has 0 bridgehead atoms. The average Bonchev–Trinajstić information content (AvgIpc) is 2.96. The van der Waals surface area contributed by atoms with Gasteiger partial charge in [-0.05, 0) is 47.6 Å². The zero-order valence-corrected chi connectivity index (χ0v) is 18.0. The van der Waals surface area contributed by atoms with Gasteiger partial charge in [-0.3, -0.25) is 0 Å². The fourth-order valence-corrected chi connectivity index (χ4v) is 3.48. The van der Waals surface area contributed by atoms with E-state index in [1.165, 1.54) is 0 Å². The third kappa shape index (κ3) is 3.82. The van der Waals surface area contributed by atoms with Crippen LogP contribution in [-0.4, -0.2) is 20.9 Å². The van der Waals surface area contributed by atoms with Crippen LogP contribution in [0.4, 0.5) is 5.95 Å². The van der Waals surface area contributed by atoms with E-state index in [2.05, 4.69) is 64.1 Å². The van der Waals surface area contributed by atoms with Crippen molar-refractivity contribution in [1.29, 1.82) is 0 Å². The van der Waals surface area contributed by atoms with Gasteiger partial charge in [0.05, 0.1) is 11.0 Å². The first-order chi connectivity index (χ1) is 13.0. The summed E-state index contributed by atoms with van der Waals surface area (Å²) in [5.74, 6) is 1.09. The zero-order valence-electron chi connectivity index (χ0n) is 18.0. The molecule has 28 heavy (non-hydrogen) atoms. The highest BCUT2D eigenvalue weighted by atomic mass is 16.3. The second kappa shape index (κ2) is 7.08. The molecule has 0 aliphatic carbocycles. The Hall–Kier alpha value is -2.62. The van der Waals surface area contributed by atoms with Gasteiger partial charge in [-0.25, -0.2) is 9.98 Å². The normalized spacial score (nSPS) is 13.0. The Morgan fingerprint density at radius 2 is 1.57 bits per heavy atom.